The van der Waals surface area contributed by atoms with E-state index in [2.05, 4.69) is 53.1 Å². The number of aliphatic imine (C=N–C) groups is 1. The number of hydrogen-bond donors (Lipinski definition) is 2. The summed E-state index contributed by atoms with van der Waals surface area (Å²) in [7, 11) is 1.84. The van der Waals surface area contributed by atoms with Crippen molar-refractivity contribution in [3.63, 3.8) is 0 Å². The summed E-state index contributed by atoms with van der Waals surface area (Å²) < 4.78 is 5.38. The molecule has 1 fully saturated rings. The van der Waals surface area contributed by atoms with E-state index in [0.29, 0.717) is 12.1 Å². The van der Waals surface area contributed by atoms with Crippen LogP contribution in [0.2, 0.25) is 0 Å². The minimum Gasteiger partial charge on any atom is -0.379 e. The molecule has 0 aliphatic carbocycles. The molecule has 0 unspecified atom stereocenters. The predicted octanol–water partition coefficient (Wildman–Crippen LogP) is 2.39. The van der Waals surface area contributed by atoms with Gasteiger partial charge >= 0.3 is 0 Å². The van der Waals surface area contributed by atoms with E-state index in [1.165, 1.54) is 19.4 Å². The Hall–Kier alpha value is -0.120. The van der Waals surface area contributed by atoms with E-state index in [4.69, 9.17) is 4.74 Å². The molecule has 0 spiro atoms. The quantitative estimate of drug-likeness (QED) is 0.205. The molecule has 0 aromatic heterocycles. The second-order valence-electron chi connectivity index (χ2n) is 7.37. The fraction of sp³-hybridized carbons (Fsp3) is 0.947. The minimum atomic E-state index is 0. The highest BCUT2D eigenvalue weighted by molar-refractivity contribution is 14.0. The highest BCUT2D eigenvalue weighted by Crippen LogP contribution is 2.05. The molecule has 2 N–H and O–H groups in total. The molecule has 7 heteroatoms. The van der Waals surface area contributed by atoms with Gasteiger partial charge in [0.2, 0.25) is 0 Å². The van der Waals surface area contributed by atoms with Crippen molar-refractivity contribution in [3.8, 4) is 0 Å². The first kappa shape index (κ1) is 25.9. The monoisotopic (exact) mass is 483 g/mol. The van der Waals surface area contributed by atoms with Gasteiger partial charge in [0.1, 0.15) is 0 Å². The number of ether oxygens (including phenoxy) is 1. The number of unbranched alkanes of at least 4 members (excludes halogenated alkanes) is 1. The maximum atomic E-state index is 5.38. The van der Waals surface area contributed by atoms with Crippen molar-refractivity contribution in [2.75, 3.05) is 59.5 Å². The SMILES string of the molecule is CN=C(NCCCCN1CCOCC1)NCCCN(C(C)C)C(C)C.I. The highest BCUT2D eigenvalue weighted by Gasteiger charge is 2.12. The summed E-state index contributed by atoms with van der Waals surface area (Å²) in [5.41, 5.74) is 0. The van der Waals surface area contributed by atoms with Crippen LogP contribution in [-0.2, 0) is 4.74 Å². The van der Waals surface area contributed by atoms with Crippen LogP contribution in [-0.4, -0.2) is 87.4 Å². The Morgan fingerprint density at radius 3 is 2.12 bits per heavy atom. The molecular formula is C19H42IN5O. The second-order valence-corrected chi connectivity index (χ2v) is 7.37. The van der Waals surface area contributed by atoms with Gasteiger partial charge in [-0.1, -0.05) is 0 Å². The maximum absolute atomic E-state index is 5.38. The molecule has 1 aliphatic heterocycles. The average molecular weight is 483 g/mol. The standard InChI is InChI=1S/C19H41N5O.HI/c1-17(2)24(18(3)4)12-8-10-22-19(20-5)21-9-6-7-11-23-13-15-25-16-14-23;/h17-18H,6-16H2,1-5H3,(H2,20,21,22);1H. The number of guanidine groups is 1. The fourth-order valence-corrected chi connectivity index (χ4v) is 3.29. The van der Waals surface area contributed by atoms with Crippen LogP contribution in [0.1, 0.15) is 47.0 Å². The molecule has 1 rings (SSSR count). The van der Waals surface area contributed by atoms with Gasteiger partial charge in [-0.15, -0.1) is 24.0 Å². The van der Waals surface area contributed by atoms with E-state index in [9.17, 15) is 0 Å². The van der Waals surface area contributed by atoms with E-state index >= 15 is 0 Å². The van der Waals surface area contributed by atoms with Crippen LogP contribution in [0.4, 0.5) is 0 Å². The second kappa shape index (κ2) is 15.9. The summed E-state index contributed by atoms with van der Waals surface area (Å²) in [5, 5.41) is 6.85. The van der Waals surface area contributed by atoms with Gasteiger partial charge in [-0.25, -0.2) is 0 Å². The smallest absolute Gasteiger partial charge is 0.190 e. The molecule has 0 amide bonds. The first-order chi connectivity index (χ1) is 12.0. The Balaban J connectivity index is 0.00000625. The molecule has 1 saturated heterocycles. The van der Waals surface area contributed by atoms with Crippen LogP contribution in [0.5, 0.6) is 0 Å². The predicted molar refractivity (Wildman–Crippen MR) is 123 cm³/mol. The van der Waals surface area contributed by atoms with Gasteiger partial charge in [0, 0.05) is 51.9 Å². The van der Waals surface area contributed by atoms with E-state index in [-0.39, 0.29) is 24.0 Å². The van der Waals surface area contributed by atoms with Crippen molar-refractivity contribution in [2.45, 2.75) is 59.0 Å². The molecule has 6 nitrogen and oxygen atoms in total. The lowest BCUT2D eigenvalue weighted by Gasteiger charge is -2.30. The van der Waals surface area contributed by atoms with Crippen LogP contribution < -0.4 is 10.6 Å². The van der Waals surface area contributed by atoms with Gasteiger partial charge in [-0.2, -0.15) is 0 Å². The van der Waals surface area contributed by atoms with Crippen molar-refractivity contribution in [3.05, 3.63) is 0 Å². The van der Waals surface area contributed by atoms with E-state index in [1.54, 1.807) is 0 Å². The number of nitrogens with zero attached hydrogens (tertiary/aromatic N) is 3. The Morgan fingerprint density at radius 2 is 1.58 bits per heavy atom. The molecule has 156 valence electrons. The van der Waals surface area contributed by atoms with Crippen molar-refractivity contribution in [2.24, 2.45) is 4.99 Å². The number of nitrogens with one attached hydrogen (secondary N) is 2. The number of rotatable bonds is 11. The van der Waals surface area contributed by atoms with Crippen LogP contribution in [0.15, 0.2) is 4.99 Å². The van der Waals surface area contributed by atoms with Crippen LogP contribution in [0, 0.1) is 0 Å². The zero-order chi connectivity index (χ0) is 18.5. The fourth-order valence-electron chi connectivity index (χ4n) is 3.29. The number of hydrogen-bond acceptors (Lipinski definition) is 4. The van der Waals surface area contributed by atoms with Crippen LogP contribution in [0.25, 0.3) is 0 Å². The van der Waals surface area contributed by atoms with E-state index in [1.807, 2.05) is 7.05 Å². The Labute approximate surface area is 178 Å². The zero-order valence-electron chi connectivity index (χ0n) is 17.6. The zero-order valence-corrected chi connectivity index (χ0v) is 19.9. The van der Waals surface area contributed by atoms with E-state index < -0.39 is 0 Å². The lowest BCUT2D eigenvalue weighted by molar-refractivity contribution is 0.0372. The first-order valence-electron chi connectivity index (χ1n) is 10.0. The molecule has 1 heterocycles. The van der Waals surface area contributed by atoms with Crippen molar-refractivity contribution < 1.29 is 4.74 Å². The minimum absolute atomic E-state index is 0. The molecule has 1 aliphatic rings. The van der Waals surface area contributed by atoms with Crippen LogP contribution >= 0.6 is 24.0 Å². The van der Waals surface area contributed by atoms with E-state index in [0.717, 1.165) is 58.3 Å². The van der Waals surface area contributed by atoms with Crippen molar-refractivity contribution >= 4 is 29.9 Å². The van der Waals surface area contributed by atoms with Gasteiger partial charge in [-0.05, 0) is 53.5 Å². The average Bonchev–Trinajstić information content (AvgIpc) is 2.59. The summed E-state index contributed by atoms with van der Waals surface area (Å²) in [4.78, 5) is 9.34. The lowest BCUT2D eigenvalue weighted by Crippen LogP contribution is -2.41. The highest BCUT2D eigenvalue weighted by atomic mass is 127. The normalized spacial score (nSPS) is 16.2. The molecular weight excluding hydrogens is 441 g/mol. The first-order valence-corrected chi connectivity index (χ1v) is 10.0. The summed E-state index contributed by atoms with van der Waals surface area (Å²) in [6, 6.07) is 1.20. The molecule has 0 aromatic carbocycles. The van der Waals surface area contributed by atoms with Crippen LogP contribution in [0.3, 0.4) is 0 Å². The van der Waals surface area contributed by atoms with Gasteiger partial charge < -0.3 is 15.4 Å². The third kappa shape index (κ3) is 11.6. The Bertz CT molecular complexity index is 352. The molecule has 0 saturated carbocycles. The van der Waals surface area contributed by atoms with Gasteiger partial charge in [-0.3, -0.25) is 14.8 Å². The number of morpholine rings is 1. The van der Waals surface area contributed by atoms with Crippen molar-refractivity contribution in [1.82, 2.24) is 20.4 Å². The largest absolute Gasteiger partial charge is 0.379 e. The van der Waals surface area contributed by atoms with Gasteiger partial charge in [0.15, 0.2) is 5.96 Å². The Kier molecular flexibility index (Phi) is 15.8. The third-order valence-electron chi connectivity index (χ3n) is 4.73. The molecule has 0 aromatic rings. The third-order valence-corrected chi connectivity index (χ3v) is 4.73. The summed E-state index contributed by atoms with van der Waals surface area (Å²) in [6.45, 7) is 17.3. The summed E-state index contributed by atoms with van der Waals surface area (Å²) in [6.07, 6.45) is 3.53. The maximum Gasteiger partial charge on any atom is 0.190 e. The topological polar surface area (TPSA) is 52.1 Å². The van der Waals surface area contributed by atoms with Gasteiger partial charge in [0.25, 0.3) is 0 Å². The van der Waals surface area contributed by atoms with Gasteiger partial charge in [0.05, 0.1) is 13.2 Å². The molecule has 26 heavy (non-hydrogen) atoms. The molecule has 0 atom stereocenters. The summed E-state index contributed by atoms with van der Waals surface area (Å²) >= 11 is 0. The lowest BCUT2D eigenvalue weighted by atomic mass is 10.2. The number of halogens is 1. The summed E-state index contributed by atoms with van der Waals surface area (Å²) in [5.74, 6) is 0.923. The van der Waals surface area contributed by atoms with Crippen molar-refractivity contribution in [1.29, 1.82) is 0 Å². The Morgan fingerprint density at radius 1 is 1.00 bits per heavy atom. The molecule has 0 bridgehead atoms. The molecule has 0 radical (unpaired) electrons.